The number of nitrogens with zero attached hydrogens (tertiary/aromatic N) is 1. The molecule has 1 aliphatic carbocycles. The van der Waals surface area contributed by atoms with Crippen molar-refractivity contribution in [3.05, 3.63) is 29.8 Å². The lowest BCUT2D eigenvalue weighted by molar-refractivity contribution is -0.123. The fourth-order valence-electron chi connectivity index (χ4n) is 4.59. The van der Waals surface area contributed by atoms with Crippen LogP contribution >= 0.6 is 0 Å². The first-order chi connectivity index (χ1) is 11.6. The fraction of sp³-hybridized carbons (Fsp3) is 0.632. The Morgan fingerprint density at radius 1 is 1.25 bits per heavy atom. The molecule has 2 N–H and O–H groups in total. The number of rotatable bonds is 3. The molecule has 0 radical (unpaired) electrons. The van der Waals surface area contributed by atoms with E-state index >= 15 is 0 Å². The Balaban J connectivity index is 1.37. The molecule has 3 aliphatic rings. The minimum Gasteiger partial charge on any atom is -0.371 e. The average Bonchev–Trinajstić information content (AvgIpc) is 3.25. The van der Waals surface area contributed by atoms with Crippen molar-refractivity contribution in [1.82, 2.24) is 10.6 Å². The summed E-state index contributed by atoms with van der Waals surface area (Å²) in [6.07, 6.45) is 1.64. The normalized spacial score (nSPS) is 35.2. The van der Waals surface area contributed by atoms with Gasteiger partial charge >= 0.3 is 0 Å². The van der Waals surface area contributed by atoms with Crippen LogP contribution in [0.3, 0.4) is 0 Å². The van der Waals surface area contributed by atoms with Crippen molar-refractivity contribution in [2.24, 2.45) is 11.8 Å². The van der Waals surface area contributed by atoms with E-state index in [-0.39, 0.29) is 18.0 Å². The van der Waals surface area contributed by atoms with Crippen LogP contribution in [0.1, 0.15) is 24.8 Å². The summed E-state index contributed by atoms with van der Waals surface area (Å²) in [5.74, 6) is 1.15. The molecule has 1 saturated carbocycles. The zero-order chi connectivity index (χ0) is 16.7. The molecule has 1 aromatic carbocycles. The number of benzene rings is 1. The van der Waals surface area contributed by atoms with E-state index in [9.17, 15) is 9.18 Å². The first-order valence-electron chi connectivity index (χ1n) is 9.09. The van der Waals surface area contributed by atoms with Crippen LogP contribution in [0.2, 0.25) is 0 Å². The summed E-state index contributed by atoms with van der Waals surface area (Å²) in [7, 11) is 0. The van der Waals surface area contributed by atoms with E-state index in [4.69, 9.17) is 0 Å². The topological polar surface area (TPSA) is 44.4 Å². The van der Waals surface area contributed by atoms with E-state index in [1.807, 2.05) is 0 Å². The van der Waals surface area contributed by atoms with Gasteiger partial charge in [-0.1, -0.05) is 17.7 Å². The van der Waals surface area contributed by atoms with Gasteiger partial charge in [-0.3, -0.25) is 4.79 Å². The molecule has 4 rings (SSSR count). The molecule has 0 bridgehead atoms. The molecule has 0 spiro atoms. The predicted molar refractivity (Wildman–Crippen MR) is 92.8 cm³/mol. The number of aryl methyl sites for hydroxylation is 1. The molecule has 5 heteroatoms. The van der Waals surface area contributed by atoms with Gasteiger partial charge in [0.2, 0.25) is 5.91 Å². The number of amides is 1. The fourth-order valence-corrected chi connectivity index (χ4v) is 4.59. The lowest BCUT2D eigenvalue weighted by Gasteiger charge is -2.24. The zero-order valence-corrected chi connectivity index (χ0v) is 14.2. The Kier molecular flexibility index (Phi) is 4.21. The quantitative estimate of drug-likeness (QED) is 0.891. The lowest BCUT2D eigenvalue weighted by Crippen LogP contribution is -2.47. The number of carbonyl (C=O) groups is 1. The zero-order valence-electron chi connectivity index (χ0n) is 14.2. The van der Waals surface area contributed by atoms with Crippen LogP contribution in [0.5, 0.6) is 0 Å². The first kappa shape index (κ1) is 15.9. The van der Waals surface area contributed by atoms with Gasteiger partial charge in [0, 0.05) is 43.7 Å². The number of alkyl halides is 1. The summed E-state index contributed by atoms with van der Waals surface area (Å²) in [6.45, 7) is 4.49. The molecule has 24 heavy (non-hydrogen) atoms. The van der Waals surface area contributed by atoms with Crippen LogP contribution in [-0.2, 0) is 4.79 Å². The number of fused-ring (bicyclic) bond motifs is 1. The number of hydrogen-bond donors (Lipinski definition) is 2. The highest BCUT2D eigenvalue weighted by molar-refractivity contribution is 5.82. The molecule has 5 atom stereocenters. The Bertz CT molecular complexity index is 605. The number of anilines is 1. The van der Waals surface area contributed by atoms with Gasteiger partial charge in [0.15, 0.2) is 0 Å². The van der Waals surface area contributed by atoms with Gasteiger partial charge in [0.05, 0.1) is 6.04 Å². The summed E-state index contributed by atoms with van der Waals surface area (Å²) in [4.78, 5) is 14.8. The second kappa shape index (κ2) is 6.36. The molecule has 1 aromatic rings. The predicted octanol–water partition coefficient (Wildman–Crippen LogP) is 2.03. The smallest absolute Gasteiger partial charge is 0.237 e. The number of nitrogens with one attached hydrogen (secondary N) is 2. The third-order valence-electron chi connectivity index (χ3n) is 5.98. The van der Waals surface area contributed by atoms with Crippen molar-refractivity contribution in [1.29, 1.82) is 0 Å². The van der Waals surface area contributed by atoms with Crippen LogP contribution in [0.25, 0.3) is 0 Å². The van der Waals surface area contributed by atoms with Gasteiger partial charge in [-0.15, -0.1) is 0 Å². The van der Waals surface area contributed by atoms with Gasteiger partial charge in [-0.25, -0.2) is 4.39 Å². The SMILES string of the molecule is Cc1ccc(N2C[C@H]3CC[C@H](NC(=O)[C@@H]4C[C@@H](F)CN4)[C@H]3C2)cc1. The van der Waals surface area contributed by atoms with Crippen LogP contribution in [0.4, 0.5) is 10.1 Å². The third kappa shape index (κ3) is 3.02. The van der Waals surface area contributed by atoms with Crippen molar-refractivity contribution in [3.8, 4) is 0 Å². The Morgan fingerprint density at radius 3 is 2.75 bits per heavy atom. The Hall–Kier alpha value is -1.62. The first-order valence-corrected chi connectivity index (χ1v) is 9.09. The van der Waals surface area contributed by atoms with Crippen molar-refractivity contribution in [2.45, 2.75) is 44.4 Å². The van der Waals surface area contributed by atoms with E-state index in [1.165, 1.54) is 17.7 Å². The van der Waals surface area contributed by atoms with E-state index in [0.717, 1.165) is 19.5 Å². The molecule has 2 saturated heterocycles. The van der Waals surface area contributed by atoms with Crippen molar-refractivity contribution < 1.29 is 9.18 Å². The minimum atomic E-state index is -0.888. The monoisotopic (exact) mass is 331 g/mol. The van der Waals surface area contributed by atoms with E-state index in [0.29, 0.717) is 24.8 Å². The number of hydrogen-bond acceptors (Lipinski definition) is 3. The highest BCUT2D eigenvalue weighted by Gasteiger charge is 2.44. The van der Waals surface area contributed by atoms with Gasteiger partial charge in [0.25, 0.3) is 0 Å². The largest absolute Gasteiger partial charge is 0.371 e. The second-order valence-corrected chi connectivity index (χ2v) is 7.65. The van der Waals surface area contributed by atoms with E-state index < -0.39 is 6.17 Å². The summed E-state index contributed by atoms with van der Waals surface area (Å²) in [6, 6.07) is 8.57. The van der Waals surface area contributed by atoms with Gasteiger partial charge < -0.3 is 15.5 Å². The van der Waals surface area contributed by atoms with Gasteiger partial charge in [0.1, 0.15) is 6.17 Å². The average molecular weight is 331 g/mol. The maximum atomic E-state index is 13.3. The maximum absolute atomic E-state index is 13.3. The molecule has 0 aromatic heterocycles. The molecular formula is C19H26FN3O. The molecule has 2 aliphatic heterocycles. The van der Waals surface area contributed by atoms with Gasteiger partial charge in [-0.05, 0) is 37.8 Å². The van der Waals surface area contributed by atoms with Crippen LogP contribution in [-0.4, -0.2) is 43.8 Å². The molecule has 0 unspecified atom stereocenters. The molecule has 4 nitrogen and oxygen atoms in total. The van der Waals surface area contributed by atoms with Gasteiger partial charge in [-0.2, -0.15) is 0 Å². The molecule has 1 amide bonds. The molecule has 3 fully saturated rings. The highest BCUT2D eigenvalue weighted by Crippen LogP contribution is 2.40. The molecule has 130 valence electrons. The van der Waals surface area contributed by atoms with Crippen LogP contribution in [0, 0.1) is 18.8 Å². The number of carbonyl (C=O) groups excluding carboxylic acids is 1. The highest BCUT2D eigenvalue weighted by atomic mass is 19.1. The van der Waals surface area contributed by atoms with Crippen molar-refractivity contribution in [3.63, 3.8) is 0 Å². The second-order valence-electron chi connectivity index (χ2n) is 7.65. The minimum absolute atomic E-state index is 0.0189. The maximum Gasteiger partial charge on any atom is 0.237 e. The lowest BCUT2D eigenvalue weighted by atomic mass is 9.97. The van der Waals surface area contributed by atoms with E-state index in [1.54, 1.807) is 0 Å². The summed E-state index contributed by atoms with van der Waals surface area (Å²) in [5, 5.41) is 6.18. The molecule has 2 heterocycles. The summed E-state index contributed by atoms with van der Waals surface area (Å²) >= 11 is 0. The summed E-state index contributed by atoms with van der Waals surface area (Å²) < 4.78 is 13.3. The van der Waals surface area contributed by atoms with Crippen LogP contribution in [0.15, 0.2) is 24.3 Å². The standard InChI is InChI=1S/C19H26FN3O/c1-12-2-5-15(6-3-12)23-10-13-4-7-17(16(13)11-23)22-19(24)18-8-14(20)9-21-18/h2-3,5-6,13-14,16-18,21H,4,7-11H2,1H3,(H,22,24)/t13-,14-,16+,17+,18+/m1/s1. The van der Waals surface area contributed by atoms with Crippen LogP contribution < -0.4 is 15.5 Å². The van der Waals surface area contributed by atoms with Crippen molar-refractivity contribution >= 4 is 11.6 Å². The Labute approximate surface area is 142 Å². The van der Waals surface area contributed by atoms with Crippen molar-refractivity contribution in [2.75, 3.05) is 24.5 Å². The summed E-state index contributed by atoms with van der Waals surface area (Å²) in [5.41, 5.74) is 2.55. The van der Waals surface area contributed by atoms with E-state index in [2.05, 4.69) is 46.7 Å². The number of halogens is 1. The third-order valence-corrected chi connectivity index (χ3v) is 5.98. The molecular weight excluding hydrogens is 305 g/mol. The Morgan fingerprint density at radius 2 is 2.04 bits per heavy atom.